The van der Waals surface area contributed by atoms with Crippen molar-refractivity contribution in [2.24, 2.45) is 35.5 Å². The summed E-state index contributed by atoms with van der Waals surface area (Å²) < 4.78 is 13.3. The third-order valence-corrected chi connectivity index (χ3v) is 22.5. The summed E-state index contributed by atoms with van der Waals surface area (Å²) in [5, 5.41) is 27.2. The number of pyridine rings is 1. The Labute approximate surface area is 562 Å². The molecular weight excluding hydrogens is 1170 g/mol. The molecule has 1 aromatic heterocycles. The fourth-order valence-corrected chi connectivity index (χ4v) is 19.1. The number of phenolic OH excluding ortho intramolecular Hbond substituents is 2. The van der Waals surface area contributed by atoms with Gasteiger partial charge in [-0.1, -0.05) is 213 Å². The third-order valence-electron chi connectivity index (χ3n) is 22.5. The van der Waals surface area contributed by atoms with Crippen molar-refractivity contribution < 1.29 is 45.9 Å². The monoisotopic (exact) mass is 1280 g/mol. The number of phenols is 2. The molecule has 0 unspecified atom stereocenters. The fourth-order valence-electron chi connectivity index (χ4n) is 19.1. The molecule has 8 saturated carbocycles. The zero-order chi connectivity index (χ0) is 60.1. The first-order chi connectivity index (χ1) is 41.5. The Balaban J connectivity index is 0.00000341. The second-order valence-electron chi connectivity index (χ2n) is 31.6. The number of nitrogens with zero attached hydrogens (tertiary/aromatic N) is 1. The summed E-state index contributed by atoms with van der Waals surface area (Å²) in [6, 6.07) is 28.8. The van der Waals surface area contributed by atoms with Crippen LogP contribution in [-0.4, -0.2) is 28.4 Å². The smallest absolute Gasteiger partial charge is 0.507 e. The van der Waals surface area contributed by atoms with Gasteiger partial charge in [-0.2, -0.15) is 0 Å². The van der Waals surface area contributed by atoms with Crippen LogP contribution < -0.4 is 9.47 Å². The maximum absolute atomic E-state index is 13.6. The number of rotatable bonds is 30. The van der Waals surface area contributed by atoms with Crippen molar-refractivity contribution in [3.05, 3.63) is 116 Å². The van der Waals surface area contributed by atoms with Crippen molar-refractivity contribution in [2.75, 3.05) is 13.2 Å². The second-order valence-corrected chi connectivity index (χ2v) is 31.6. The molecule has 0 atom stereocenters. The van der Waals surface area contributed by atoms with Crippen LogP contribution in [0.1, 0.15) is 283 Å². The molecule has 89 heavy (non-hydrogen) atoms. The first kappa shape index (κ1) is 71.0. The van der Waals surface area contributed by atoms with Crippen molar-refractivity contribution >= 4 is 0 Å². The van der Waals surface area contributed by atoms with E-state index >= 15 is 0 Å². The van der Waals surface area contributed by atoms with Gasteiger partial charge in [-0.3, -0.25) is 0 Å². The quantitative estimate of drug-likeness (QED) is 0.0354. The Hall–Kier alpha value is -3.89. The molecule has 0 saturated heterocycles. The van der Waals surface area contributed by atoms with Crippen molar-refractivity contribution in [1.29, 1.82) is 0 Å². The van der Waals surface area contributed by atoms with E-state index in [0.29, 0.717) is 24.7 Å². The largest absolute Gasteiger partial charge is 2.00 e. The maximum Gasteiger partial charge on any atom is 2.00 e. The molecular formula is C83H119NO4Zr. The van der Waals surface area contributed by atoms with Gasteiger partial charge in [0.25, 0.3) is 0 Å². The standard InChI is InChI=1S/C81H113NO4.2CH3.Zr/c1-9-11-13-15-17-19-21-23-25-27-38-85-64-34-29-32-62(46-64)72-74(66(78(3,4)5)48-68(76(72)83)80-50-56-40-57(51-80)42-58(41-56)52-80)70-36-31-37-71(82-70)75-67(79(6,7)8)49-69(81-53-59-43-60(54-81)45-61(44-59)55-81)77(84)73(75)63-33-30-35-65(47-63)86-39-28-26-24-22-20-18-16-14-12-10-2;;;/h29-37,46-49,56-61,83-84H,9-28,38-45,50-55H2,1-8H3;2*1H3;/q;2*-1;+2. The molecule has 2 N–H and O–H groups in total. The molecule has 5 nitrogen and oxygen atoms in total. The number of aromatic hydroxyl groups is 2. The zero-order valence-corrected chi connectivity index (χ0v) is 60.1. The van der Waals surface area contributed by atoms with Crippen LogP contribution in [0.2, 0.25) is 0 Å². The molecule has 0 radical (unpaired) electrons. The Morgan fingerprint density at radius 3 is 1.00 bits per heavy atom. The predicted molar refractivity (Wildman–Crippen MR) is 374 cm³/mol. The summed E-state index contributed by atoms with van der Waals surface area (Å²) in [6.45, 7) is 20.1. The van der Waals surface area contributed by atoms with E-state index in [1.807, 2.05) is 0 Å². The van der Waals surface area contributed by atoms with Gasteiger partial charge in [0.1, 0.15) is 23.0 Å². The van der Waals surface area contributed by atoms with Gasteiger partial charge >= 0.3 is 26.2 Å². The van der Waals surface area contributed by atoms with Crippen molar-refractivity contribution in [1.82, 2.24) is 4.98 Å². The Morgan fingerprint density at radius 1 is 0.404 bits per heavy atom. The molecule has 0 aliphatic heterocycles. The van der Waals surface area contributed by atoms with Gasteiger partial charge < -0.3 is 34.5 Å². The number of ether oxygens (including phenoxy) is 2. The van der Waals surface area contributed by atoms with Crippen LogP contribution in [0.15, 0.2) is 78.9 Å². The first-order valence-electron chi connectivity index (χ1n) is 35.8. The van der Waals surface area contributed by atoms with Gasteiger partial charge in [-0.25, -0.2) is 4.98 Å². The van der Waals surface area contributed by atoms with Crippen LogP contribution in [0.4, 0.5) is 0 Å². The molecule has 8 bridgehead atoms. The average molecular weight is 1290 g/mol. The van der Waals surface area contributed by atoms with Crippen molar-refractivity contribution in [3.63, 3.8) is 0 Å². The topological polar surface area (TPSA) is 71.8 Å². The Kier molecular flexibility index (Phi) is 25.0. The Bertz CT molecular complexity index is 2790. The molecule has 1 heterocycles. The SMILES string of the molecule is CCCCCCCCCCCCOc1cccc(-c2c(O)c(C34CC5CC(CC(C5)C3)C4)cc(C(C)(C)C)c2-c2cccc(-c3c(C(C)(C)C)cc(C45CC6CC(CC(C6)C4)C5)c(O)c3-c3cccc(OCCCCCCCCCCCC)c3)n2)c1.[CH3-].[CH3-].[Zr+2]. The van der Waals surface area contributed by atoms with E-state index in [9.17, 15) is 10.2 Å². The zero-order valence-electron chi connectivity index (χ0n) is 57.7. The number of hydrogen-bond acceptors (Lipinski definition) is 5. The van der Waals surface area contributed by atoms with Crippen LogP contribution in [0.3, 0.4) is 0 Å². The first-order valence-corrected chi connectivity index (χ1v) is 35.8. The minimum atomic E-state index is -0.288. The Morgan fingerprint density at radius 2 is 0.697 bits per heavy atom. The van der Waals surface area contributed by atoms with Crippen LogP contribution in [-0.2, 0) is 47.9 Å². The maximum atomic E-state index is 13.6. The summed E-state index contributed by atoms with van der Waals surface area (Å²) in [7, 11) is 0. The van der Waals surface area contributed by atoms with Gasteiger partial charge in [0, 0.05) is 33.4 Å². The van der Waals surface area contributed by atoms with Gasteiger partial charge in [0.15, 0.2) is 0 Å². The van der Waals surface area contributed by atoms with Crippen molar-refractivity contribution in [3.8, 4) is 67.8 Å². The van der Waals surface area contributed by atoms with Crippen LogP contribution in [0, 0.1) is 50.4 Å². The van der Waals surface area contributed by atoms with E-state index in [0.717, 1.165) is 116 Å². The molecule has 8 aliphatic carbocycles. The summed E-state index contributed by atoms with van der Waals surface area (Å²) in [5.41, 5.74) is 11.5. The van der Waals surface area contributed by atoms with E-state index < -0.39 is 0 Å². The molecule has 0 amide bonds. The number of unbranched alkanes of at least 4 members (excludes halogenated alkanes) is 18. The van der Waals surface area contributed by atoms with Gasteiger partial charge in [0.05, 0.1) is 24.6 Å². The van der Waals surface area contributed by atoms with E-state index in [1.54, 1.807) is 0 Å². The van der Waals surface area contributed by atoms with Crippen LogP contribution >= 0.6 is 0 Å². The van der Waals surface area contributed by atoms with Crippen molar-refractivity contribution in [2.45, 2.75) is 283 Å². The second kappa shape index (κ2) is 31.4. The van der Waals surface area contributed by atoms with E-state index in [1.165, 1.54) is 204 Å². The molecule has 8 fully saturated rings. The minimum Gasteiger partial charge on any atom is -0.507 e. The number of aromatic nitrogens is 1. The molecule has 6 heteroatoms. The van der Waals surface area contributed by atoms with E-state index in [-0.39, 0.29) is 62.7 Å². The van der Waals surface area contributed by atoms with Crippen LogP contribution in [0.25, 0.3) is 44.8 Å². The number of benzene rings is 4. The van der Waals surface area contributed by atoms with Crippen LogP contribution in [0.5, 0.6) is 23.0 Å². The normalized spacial score (nSPS) is 23.9. The van der Waals surface area contributed by atoms with Gasteiger partial charge in [0.2, 0.25) is 0 Å². The fraction of sp³-hybridized carbons (Fsp3) is 0.627. The summed E-state index contributed by atoms with van der Waals surface area (Å²) >= 11 is 0. The molecule has 5 aromatic rings. The van der Waals surface area contributed by atoms with E-state index in [2.05, 4.69) is 134 Å². The molecule has 8 aliphatic rings. The van der Waals surface area contributed by atoms with Gasteiger partial charge in [-0.15, -0.1) is 0 Å². The number of hydrogen-bond donors (Lipinski definition) is 2. The molecule has 4 aromatic carbocycles. The molecule has 13 rings (SSSR count). The summed E-state index contributed by atoms with van der Waals surface area (Å²) in [6.07, 6.45) is 40.9. The average Bonchev–Trinajstić information content (AvgIpc) is 0.782. The molecule has 0 spiro atoms. The third kappa shape index (κ3) is 16.4. The molecule has 484 valence electrons. The minimum absolute atomic E-state index is 0. The predicted octanol–water partition coefficient (Wildman–Crippen LogP) is 24.2. The van der Waals surface area contributed by atoms with Gasteiger partial charge in [-0.05, 0) is 206 Å². The summed E-state index contributed by atoms with van der Waals surface area (Å²) in [4.78, 5) is 5.94. The van der Waals surface area contributed by atoms with E-state index in [4.69, 9.17) is 14.5 Å². The summed E-state index contributed by atoms with van der Waals surface area (Å²) in [5.74, 6) is 6.96.